The maximum absolute atomic E-state index is 11.9. The Bertz CT molecular complexity index is 788. The van der Waals surface area contributed by atoms with Crippen LogP contribution in [0.4, 0.5) is 0 Å². The second kappa shape index (κ2) is 8.84. The van der Waals surface area contributed by atoms with Gasteiger partial charge in [-0.15, -0.1) is 0 Å². The van der Waals surface area contributed by atoms with Crippen LogP contribution in [0.25, 0.3) is 0 Å². The van der Waals surface area contributed by atoms with E-state index in [1.54, 1.807) is 31.2 Å². The lowest BCUT2D eigenvalue weighted by molar-refractivity contribution is -0.120. The van der Waals surface area contributed by atoms with Gasteiger partial charge < -0.3 is 10.4 Å². The molecule has 7 heteroatoms. The Kier molecular flexibility index (Phi) is 6.54. The van der Waals surface area contributed by atoms with Crippen molar-refractivity contribution >= 4 is 29.1 Å². The predicted molar refractivity (Wildman–Crippen MR) is 96.6 cm³/mol. The van der Waals surface area contributed by atoms with Crippen LogP contribution < -0.4 is 10.7 Å². The first-order chi connectivity index (χ1) is 12.0. The van der Waals surface area contributed by atoms with Gasteiger partial charge >= 0.3 is 0 Å². The molecule has 0 aliphatic rings. The van der Waals surface area contributed by atoms with Gasteiger partial charge in [0.1, 0.15) is 5.75 Å². The normalized spacial score (nSPS) is 11.0. The van der Waals surface area contributed by atoms with Crippen LogP contribution in [-0.2, 0) is 11.3 Å². The van der Waals surface area contributed by atoms with E-state index in [-0.39, 0.29) is 23.6 Å². The molecular weight excluding hydrogens is 342 g/mol. The molecule has 0 radical (unpaired) electrons. The highest BCUT2D eigenvalue weighted by Crippen LogP contribution is 2.15. The van der Waals surface area contributed by atoms with Gasteiger partial charge in [-0.3, -0.25) is 9.59 Å². The third-order valence-corrected chi connectivity index (χ3v) is 3.57. The first kappa shape index (κ1) is 18.5. The molecule has 0 bridgehead atoms. The summed E-state index contributed by atoms with van der Waals surface area (Å²) in [5, 5.41) is 16.9. The van der Waals surface area contributed by atoms with Gasteiger partial charge in [-0.2, -0.15) is 5.10 Å². The molecule has 2 aromatic rings. The molecule has 0 atom stereocenters. The fourth-order valence-corrected chi connectivity index (χ4v) is 2.14. The van der Waals surface area contributed by atoms with Crippen molar-refractivity contribution in [2.24, 2.45) is 5.10 Å². The first-order valence-corrected chi connectivity index (χ1v) is 7.96. The molecule has 2 amide bonds. The lowest BCUT2D eigenvalue weighted by atomic mass is 10.2. The molecule has 0 unspecified atom stereocenters. The lowest BCUT2D eigenvalue weighted by Crippen LogP contribution is -2.26. The van der Waals surface area contributed by atoms with Crippen molar-refractivity contribution in [1.82, 2.24) is 10.7 Å². The van der Waals surface area contributed by atoms with E-state index < -0.39 is 5.91 Å². The number of carbonyl (C=O) groups excluding carboxylic acids is 2. The fraction of sp³-hybridized carbons (Fsp3) is 0.167. The van der Waals surface area contributed by atoms with E-state index in [2.05, 4.69) is 15.8 Å². The van der Waals surface area contributed by atoms with Crippen molar-refractivity contribution in [2.75, 3.05) is 0 Å². The van der Waals surface area contributed by atoms with E-state index in [0.29, 0.717) is 17.3 Å². The van der Waals surface area contributed by atoms with E-state index in [0.717, 1.165) is 5.56 Å². The van der Waals surface area contributed by atoms with Crippen LogP contribution >= 0.6 is 11.6 Å². The van der Waals surface area contributed by atoms with Crippen molar-refractivity contribution in [3.63, 3.8) is 0 Å². The lowest BCUT2D eigenvalue weighted by Gasteiger charge is -2.06. The summed E-state index contributed by atoms with van der Waals surface area (Å²) in [4.78, 5) is 23.8. The zero-order valence-corrected chi connectivity index (χ0v) is 14.4. The van der Waals surface area contributed by atoms with E-state index in [9.17, 15) is 14.7 Å². The number of halogens is 1. The molecule has 0 saturated heterocycles. The van der Waals surface area contributed by atoms with Crippen molar-refractivity contribution in [3.05, 3.63) is 64.7 Å². The van der Waals surface area contributed by atoms with E-state index in [1.807, 2.05) is 12.1 Å². The number of amides is 2. The molecule has 0 heterocycles. The van der Waals surface area contributed by atoms with Crippen LogP contribution in [0.1, 0.15) is 29.3 Å². The SMILES string of the molecule is C/C(CC(=O)NCc1ccc(Cl)cc1)=N/NC(=O)c1ccccc1O. The van der Waals surface area contributed by atoms with Gasteiger partial charge in [0.05, 0.1) is 12.0 Å². The van der Waals surface area contributed by atoms with Gasteiger partial charge in [-0.05, 0) is 36.8 Å². The van der Waals surface area contributed by atoms with Gasteiger partial charge in [0, 0.05) is 17.3 Å². The number of aromatic hydroxyl groups is 1. The molecule has 0 saturated carbocycles. The molecule has 2 aromatic carbocycles. The third-order valence-electron chi connectivity index (χ3n) is 3.32. The number of para-hydroxylation sites is 1. The minimum Gasteiger partial charge on any atom is -0.507 e. The number of hydrogen-bond donors (Lipinski definition) is 3. The highest BCUT2D eigenvalue weighted by molar-refractivity contribution is 6.30. The summed E-state index contributed by atoms with van der Waals surface area (Å²) in [6, 6.07) is 13.3. The molecule has 3 N–H and O–H groups in total. The molecule has 130 valence electrons. The molecule has 0 spiro atoms. The van der Waals surface area contributed by atoms with Gasteiger partial charge in [0.25, 0.3) is 5.91 Å². The number of hydrogen-bond acceptors (Lipinski definition) is 4. The van der Waals surface area contributed by atoms with Crippen LogP contribution in [0.3, 0.4) is 0 Å². The van der Waals surface area contributed by atoms with Crippen molar-refractivity contribution in [2.45, 2.75) is 19.9 Å². The van der Waals surface area contributed by atoms with Crippen LogP contribution in [0.2, 0.25) is 5.02 Å². The highest BCUT2D eigenvalue weighted by atomic mass is 35.5. The summed E-state index contributed by atoms with van der Waals surface area (Å²) >= 11 is 5.80. The molecule has 6 nitrogen and oxygen atoms in total. The zero-order chi connectivity index (χ0) is 18.2. The largest absolute Gasteiger partial charge is 0.507 e. The Morgan fingerprint density at radius 2 is 1.80 bits per heavy atom. The Labute approximate surface area is 150 Å². The van der Waals surface area contributed by atoms with Crippen LogP contribution in [0, 0.1) is 0 Å². The summed E-state index contributed by atoms with van der Waals surface area (Å²) in [6.45, 7) is 2.01. The molecule has 25 heavy (non-hydrogen) atoms. The summed E-state index contributed by atoms with van der Waals surface area (Å²) in [5.74, 6) is -0.888. The topological polar surface area (TPSA) is 90.8 Å². The summed E-state index contributed by atoms with van der Waals surface area (Å²) in [6.07, 6.45) is 0.0502. The number of nitrogens with one attached hydrogen (secondary N) is 2. The minimum atomic E-state index is -0.543. The van der Waals surface area contributed by atoms with Crippen LogP contribution in [0.15, 0.2) is 53.6 Å². The monoisotopic (exact) mass is 359 g/mol. The maximum Gasteiger partial charge on any atom is 0.275 e. The quantitative estimate of drug-likeness (QED) is 0.547. The number of nitrogens with zero attached hydrogens (tertiary/aromatic N) is 1. The highest BCUT2D eigenvalue weighted by Gasteiger charge is 2.10. The molecule has 0 aliphatic carbocycles. The Morgan fingerprint density at radius 1 is 1.12 bits per heavy atom. The maximum atomic E-state index is 11.9. The standard InChI is InChI=1S/C18H18ClN3O3/c1-12(21-22-18(25)15-4-2-3-5-16(15)23)10-17(24)20-11-13-6-8-14(19)9-7-13/h2-9,23H,10-11H2,1H3,(H,20,24)(H,22,25)/b21-12-. The Balaban J connectivity index is 1.82. The number of benzene rings is 2. The second-order valence-electron chi connectivity index (χ2n) is 5.39. The Hall–Kier alpha value is -2.86. The van der Waals surface area contributed by atoms with Crippen LogP contribution in [-0.4, -0.2) is 22.6 Å². The van der Waals surface area contributed by atoms with E-state index >= 15 is 0 Å². The van der Waals surface area contributed by atoms with E-state index in [4.69, 9.17) is 11.6 Å². The number of hydrazone groups is 1. The van der Waals surface area contributed by atoms with Gasteiger partial charge in [0.15, 0.2) is 0 Å². The average Bonchev–Trinajstić information content (AvgIpc) is 2.59. The molecule has 0 aliphatic heterocycles. The average molecular weight is 360 g/mol. The number of phenols is 1. The van der Waals surface area contributed by atoms with Crippen molar-refractivity contribution < 1.29 is 14.7 Å². The number of phenolic OH excluding ortho intramolecular Hbond substituents is 1. The molecule has 0 fully saturated rings. The van der Waals surface area contributed by atoms with Crippen molar-refractivity contribution in [1.29, 1.82) is 0 Å². The van der Waals surface area contributed by atoms with Gasteiger partial charge in [-0.25, -0.2) is 5.43 Å². The molecular formula is C18H18ClN3O3. The van der Waals surface area contributed by atoms with Gasteiger partial charge in [-0.1, -0.05) is 35.9 Å². The van der Waals surface area contributed by atoms with E-state index in [1.165, 1.54) is 12.1 Å². The summed E-state index contributed by atoms with van der Waals surface area (Å²) in [7, 11) is 0. The van der Waals surface area contributed by atoms with Crippen molar-refractivity contribution in [3.8, 4) is 5.75 Å². The van der Waals surface area contributed by atoms with Crippen LogP contribution in [0.5, 0.6) is 5.75 Å². The second-order valence-corrected chi connectivity index (χ2v) is 5.82. The smallest absolute Gasteiger partial charge is 0.275 e. The zero-order valence-electron chi connectivity index (χ0n) is 13.6. The third kappa shape index (κ3) is 5.93. The predicted octanol–water partition coefficient (Wildman–Crippen LogP) is 2.86. The number of rotatable bonds is 6. The summed E-state index contributed by atoms with van der Waals surface area (Å²) in [5.41, 5.74) is 3.81. The summed E-state index contributed by atoms with van der Waals surface area (Å²) < 4.78 is 0. The fourth-order valence-electron chi connectivity index (χ4n) is 2.01. The first-order valence-electron chi connectivity index (χ1n) is 7.58. The molecule has 0 aromatic heterocycles. The number of carbonyl (C=O) groups is 2. The van der Waals surface area contributed by atoms with Gasteiger partial charge in [0.2, 0.25) is 5.91 Å². The molecule has 2 rings (SSSR count). The minimum absolute atomic E-state index is 0.0502. The Morgan fingerprint density at radius 3 is 2.48 bits per heavy atom.